The van der Waals surface area contributed by atoms with E-state index < -0.39 is 11.6 Å². The van der Waals surface area contributed by atoms with Gasteiger partial charge in [-0.15, -0.1) is 0 Å². The highest BCUT2D eigenvalue weighted by molar-refractivity contribution is 6.09. The first-order valence-corrected chi connectivity index (χ1v) is 9.94. The van der Waals surface area contributed by atoms with E-state index in [1.54, 1.807) is 11.1 Å². The van der Waals surface area contributed by atoms with E-state index in [0.29, 0.717) is 32.5 Å². The largest absolute Gasteiger partial charge is 0.358 e. The number of amides is 4. The van der Waals surface area contributed by atoms with Gasteiger partial charge < -0.3 is 15.1 Å². The van der Waals surface area contributed by atoms with Gasteiger partial charge in [0.05, 0.1) is 0 Å². The van der Waals surface area contributed by atoms with E-state index in [-0.39, 0.29) is 18.4 Å². The van der Waals surface area contributed by atoms with Gasteiger partial charge in [-0.1, -0.05) is 30.3 Å². The molecular weight excluding hydrogens is 384 g/mol. The number of nitrogens with one attached hydrogen (secondary N) is 1. The minimum absolute atomic E-state index is 0.267. The molecule has 2 aliphatic heterocycles. The number of carbonyl (C=O) groups is 3. The quantitative estimate of drug-likeness (QED) is 0.742. The standard InChI is InChI=1S/C21H24N6O3/c1-22-18(28)14-26-19(29)21(27(20(26)30)13-16-5-3-2-4-6-16)8-11-25(12-9-21)17-7-10-23-15-24-17/h2-7,10,15H,8-9,11-14H2,1H3,(H,22,28). The number of aromatic nitrogens is 2. The molecule has 4 amide bonds. The smallest absolute Gasteiger partial charge is 0.328 e. The van der Waals surface area contributed by atoms with Crippen molar-refractivity contribution < 1.29 is 14.4 Å². The number of hydrogen-bond donors (Lipinski definition) is 1. The minimum Gasteiger partial charge on any atom is -0.358 e. The molecule has 1 N–H and O–H groups in total. The molecule has 2 fully saturated rings. The maximum absolute atomic E-state index is 13.4. The molecule has 2 aliphatic rings. The summed E-state index contributed by atoms with van der Waals surface area (Å²) >= 11 is 0. The number of benzene rings is 1. The molecule has 156 valence electrons. The second-order valence-corrected chi connectivity index (χ2v) is 7.51. The zero-order valence-corrected chi connectivity index (χ0v) is 16.8. The number of anilines is 1. The lowest BCUT2D eigenvalue weighted by Crippen LogP contribution is -2.56. The Bertz CT molecular complexity index is 928. The first-order valence-electron chi connectivity index (χ1n) is 9.94. The van der Waals surface area contributed by atoms with E-state index in [1.807, 2.05) is 36.4 Å². The fraction of sp³-hybridized carbons (Fsp3) is 0.381. The van der Waals surface area contributed by atoms with Crippen molar-refractivity contribution in [2.75, 3.05) is 31.6 Å². The molecule has 9 nitrogen and oxygen atoms in total. The highest BCUT2D eigenvalue weighted by Gasteiger charge is 2.58. The number of hydrogen-bond acceptors (Lipinski definition) is 6. The lowest BCUT2D eigenvalue weighted by atomic mass is 9.85. The predicted octanol–water partition coefficient (Wildman–Crippen LogP) is 1.03. The normalized spacial score (nSPS) is 18.2. The van der Waals surface area contributed by atoms with Crippen molar-refractivity contribution in [2.45, 2.75) is 24.9 Å². The van der Waals surface area contributed by atoms with E-state index in [0.717, 1.165) is 16.3 Å². The summed E-state index contributed by atoms with van der Waals surface area (Å²) in [5, 5.41) is 2.49. The molecule has 2 aromatic rings. The summed E-state index contributed by atoms with van der Waals surface area (Å²) < 4.78 is 0. The van der Waals surface area contributed by atoms with E-state index in [9.17, 15) is 14.4 Å². The van der Waals surface area contributed by atoms with Crippen LogP contribution in [0.2, 0.25) is 0 Å². The SMILES string of the molecule is CNC(=O)CN1C(=O)N(Cc2ccccc2)C2(CCN(c3ccncn3)CC2)C1=O. The maximum Gasteiger partial charge on any atom is 0.328 e. The van der Waals surface area contributed by atoms with Gasteiger partial charge in [-0.25, -0.2) is 14.8 Å². The van der Waals surface area contributed by atoms with Crippen molar-refractivity contribution in [3.63, 3.8) is 0 Å². The van der Waals surface area contributed by atoms with Crippen LogP contribution in [0.5, 0.6) is 0 Å². The Labute approximate surface area is 174 Å². The third kappa shape index (κ3) is 3.47. The molecular formula is C21H24N6O3. The van der Waals surface area contributed by atoms with Crippen LogP contribution in [0.3, 0.4) is 0 Å². The number of piperidine rings is 1. The lowest BCUT2D eigenvalue weighted by molar-refractivity contribution is -0.137. The molecule has 30 heavy (non-hydrogen) atoms. The lowest BCUT2D eigenvalue weighted by Gasteiger charge is -2.42. The number of imide groups is 1. The number of carbonyl (C=O) groups excluding carboxylic acids is 3. The molecule has 0 bridgehead atoms. The molecule has 3 heterocycles. The Hall–Kier alpha value is -3.49. The highest BCUT2D eigenvalue weighted by atomic mass is 16.2. The maximum atomic E-state index is 13.4. The number of nitrogens with zero attached hydrogens (tertiary/aromatic N) is 5. The summed E-state index contributed by atoms with van der Waals surface area (Å²) in [6.07, 6.45) is 4.12. The van der Waals surface area contributed by atoms with Crippen molar-refractivity contribution in [3.8, 4) is 0 Å². The molecule has 0 atom stereocenters. The molecule has 0 unspecified atom stereocenters. The topological polar surface area (TPSA) is 98.7 Å². The fourth-order valence-electron chi connectivity index (χ4n) is 4.19. The molecule has 2 saturated heterocycles. The summed E-state index contributed by atoms with van der Waals surface area (Å²) in [4.78, 5) is 51.6. The third-order valence-electron chi connectivity index (χ3n) is 5.87. The Morgan fingerprint density at radius 3 is 2.50 bits per heavy atom. The van der Waals surface area contributed by atoms with Crippen LogP contribution < -0.4 is 10.2 Å². The molecule has 0 radical (unpaired) electrons. The molecule has 1 aromatic heterocycles. The third-order valence-corrected chi connectivity index (χ3v) is 5.87. The van der Waals surface area contributed by atoms with Gasteiger partial charge in [-0.2, -0.15) is 0 Å². The summed E-state index contributed by atoms with van der Waals surface area (Å²) in [5.74, 6) is 0.134. The van der Waals surface area contributed by atoms with Crippen LogP contribution in [0.1, 0.15) is 18.4 Å². The van der Waals surface area contributed by atoms with Crippen LogP contribution in [-0.4, -0.2) is 69.8 Å². The minimum atomic E-state index is -0.954. The van der Waals surface area contributed by atoms with Crippen molar-refractivity contribution >= 4 is 23.7 Å². The Morgan fingerprint density at radius 1 is 1.13 bits per heavy atom. The number of likely N-dealkylation sites (N-methyl/N-ethyl adjacent to an activating group) is 1. The molecule has 0 saturated carbocycles. The van der Waals surface area contributed by atoms with E-state index in [1.165, 1.54) is 13.4 Å². The summed E-state index contributed by atoms with van der Waals surface area (Å²) in [7, 11) is 1.49. The van der Waals surface area contributed by atoms with Crippen LogP contribution in [0.4, 0.5) is 10.6 Å². The van der Waals surface area contributed by atoms with E-state index in [2.05, 4.69) is 20.2 Å². The second-order valence-electron chi connectivity index (χ2n) is 7.51. The van der Waals surface area contributed by atoms with Crippen LogP contribution in [0, 0.1) is 0 Å². The van der Waals surface area contributed by atoms with Gasteiger partial charge in [0.25, 0.3) is 5.91 Å². The average molecular weight is 408 g/mol. The predicted molar refractivity (Wildman–Crippen MR) is 109 cm³/mol. The highest BCUT2D eigenvalue weighted by Crippen LogP contribution is 2.39. The van der Waals surface area contributed by atoms with Crippen LogP contribution in [0.25, 0.3) is 0 Å². The second kappa shape index (κ2) is 8.10. The molecule has 9 heteroatoms. The van der Waals surface area contributed by atoms with Crippen LogP contribution >= 0.6 is 0 Å². The van der Waals surface area contributed by atoms with Gasteiger partial charge in [0.1, 0.15) is 24.2 Å². The van der Waals surface area contributed by atoms with Crippen molar-refractivity contribution in [1.82, 2.24) is 25.1 Å². The summed E-state index contributed by atoms with van der Waals surface area (Å²) in [6.45, 7) is 1.21. The molecule has 4 rings (SSSR count). The summed E-state index contributed by atoms with van der Waals surface area (Å²) in [5.41, 5.74) is -0.0113. The van der Waals surface area contributed by atoms with Gasteiger partial charge >= 0.3 is 6.03 Å². The van der Waals surface area contributed by atoms with Crippen molar-refractivity contribution in [1.29, 1.82) is 0 Å². The zero-order valence-electron chi connectivity index (χ0n) is 16.8. The van der Waals surface area contributed by atoms with Gasteiger partial charge in [-0.05, 0) is 24.5 Å². The first kappa shape index (κ1) is 19.8. The van der Waals surface area contributed by atoms with Crippen LogP contribution in [-0.2, 0) is 16.1 Å². The number of urea groups is 1. The van der Waals surface area contributed by atoms with Crippen molar-refractivity contribution in [3.05, 3.63) is 54.5 Å². The molecule has 1 aromatic carbocycles. The Morgan fingerprint density at radius 2 is 1.87 bits per heavy atom. The molecule has 0 aliphatic carbocycles. The first-order chi connectivity index (χ1) is 14.5. The van der Waals surface area contributed by atoms with E-state index in [4.69, 9.17) is 0 Å². The molecule has 1 spiro atoms. The fourth-order valence-corrected chi connectivity index (χ4v) is 4.19. The monoisotopic (exact) mass is 408 g/mol. The van der Waals surface area contributed by atoms with Gasteiger partial charge in [-0.3, -0.25) is 14.5 Å². The van der Waals surface area contributed by atoms with Gasteiger partial charge in [0.15, 0.2) is 0 Å². The average Bonchev–Trinajstić information content (AvgIpc) is 2.97. The summed E-state index contributed by atoms with van der Waals surface area (Å²) in [6, 6.07) is 11.0. The van der Waals surface area contributed by atoms with Gasteiger partial charge in [0.2, 0.25) is 5.91 Å². The van der Waals surface area contributed by atoms with Crippen LogP contribution in [0.15, 0.2) is 48.9 Å². The Balaban J connectivity index is 1.61. The van der Waals surface area contributed by atoms with Gasteiger partial charge in [0, 0.05) is 32.9 Å². The Kier molecular flexibility index (Phi) is 5.35. The zero-order chi connectivity index (χ0) is 21.1. The van der Waals surface area contributed by atoms with E-state index >= 15 is 0 Å². The van der Waals surface area contributed by atoms with Crippen molar-refractivity contribution in [2.24, 2.45) is 0 Å². The number of rotatable bonds is 5.